The van der Waals surface area contributed by atoms with Gasteiger partial charge in [0.15, 0.2) is 5.79 Å². The predicted molar refractivity (Wildman–Crippen MR) is 172 cm³/mol. The summed E-state index contributed by atoms with van der Waals surface area (Å²) in [7, 11) is 0. The number of hydrogen-bond donors (Lipinski definition) is 2. The Hall–Kier alpha value is -2.30. The van der Waals surface area contributed by atoms with Crippen molar-refractivity contribution in [1.82, 2.24) is 0 Å². The van der Waals surface area contributed by atoms with Gasteiger partial charge in [-0.3, -0.25) is 9.59 Å². The SMILES string of the molecule is CC[C@H]1O[C@]2(CC[C@@H]1C)C[C@@H]1C[C@@H](C/C=C(\C)C[C@@H](C)/C=C/C=C3\CO[C@@H]4[C@H](O)C(COC(=O)CC(C)C)=C[C@@H](C(=O)O1)[C@]34O)O2. The molecular weight excluding hydrogens is 588 g/mol. The molecule has 4 heterocycles. The second kappa shape index (κ2) is 14.4. The van der Waals surface area contributed by atoms with E-state index in [0.29, 0.717) is 42.7 Å². The highest BCUT2D eigenvalue weighted by molar-refractivity contribution is 5.79. The molecule has 0 aromatic rings. The van der Waals surface area contributed by atoms with Gasteiger partial charge in [0.25, 0.3) is 0 Å². The fourth-order valence-corrected chi connectivity index (χ4v) is 7.82. The largest absolute Gasteiger partial charge is 0.462 e. The first-order chi connectivity index (χ1) is 21.8. The van der Waals surface area contributed by atoms with Crippen molar-refractivity contribution in [1.29, 1.82) is 0 Å². The molecule has 46 heavy (non-hydrogen) atoms. The number of aliphatic hydroxyl groups is 2. The first-order valence-corrected chi connectivity index (χ1v) is 17.3. The third-order valence-corrected chi connectivity index (χ3v) is 10.3. The molecule has 3 saturated heterocycles. The second-order valence-electron chi connectivity index (χ2n) is 14.8. The predicted octanol–water partition coefficient (Wildman–Crippen LogP) is 5.49. The smallest absolute Gasteiger partial charge is 0.316 e. The summed E-state index contributed by atoms with van der Waals surface area (Å²) in [4.78, 5) is 26.6. The fourth-order valence-electron chi connectivity index (χ4n) is 7.82. The summed E-state index contributed by atoms with van der Waals surface area (Å²) in [5.74, 6) is -2.28. The third-order valence-electron chi connectivity index (χ3n) is 10.3. The van der Waals surface area contributed by atoms with Gasteiger partial charge in [0.05, 0.1) is 18.8 Å². The topological polar surface area (TPSA) is 121 Å². The molecule has 1 spiro atoms. The molecule has 2 N–H and O–H groups in total. The van der Waals surface area contributed by atoms with Gasteiger partial charge in [-0.25, -0.2) is 0 Å². The number of fused-ring (bicyclic) bond motifs is 2. The van der Waals surface area contributed by atoms with Crippen molar-refractivity contribution in [2.75, 3.05) is 13.2 Å². The van der Waals surface area contributed by atoms with Crippen molar-refractivity contribution in [3.63, 3.8) is 0 Å². The Morgan fingerprint density at radius 3 is 2.72 bits per heavy atom. The van der Waals surface area contributed by atoms with Gasteiger partial charge in [-0.1, -0.05) is 70.6 Å². The van der Waals surface area contributed by atoms with Crippen LogP contribution in [0.25, 0.3) is 0 Å². The molecule has 5 aliphatic rings. The summed E-state index contributed by atoms with van der Waals surface area (Å²) in [6, 6.07) is 0. The molecule has 0 unspecified atom stereocenters. The van der Waals surface area contributed by atoms with Gasteiger partial charge in [-0.05, 0) is 61.5 Å². The summed E-state index contributed by atoms with van der Waals surface area (Å²) in [6.07, 6.45) is 11.7. The van der Waals surface area contributed by atoms with Crippen LogP contribution in [0, 0.1) is 23.7 Å². The van der Waals surface area contributed by atoms with Gasteiger partial charge in [-0.15, -0.1) is 0 Å². The van der Waals surface area contributed by atoms with Crippen LogP contribution in [0.1, 0.15) is 92.9 Å². The Morgan fingerprint density at radius 1 is 1.20 bits per heavy atom. The van der Waals surface area contributed by atoms with Crippen LogP contribution in [-0.2, 0) is 33.3 Å². The zero-order valence-electron chi connectivity index (χ0n) is 28.4. The molecule has 9 heteroatoms. The number of allylic oxidation sites excluding steroid dienone is 4. The average molecular weight is 643 g/mol. The van der Waals surface area contributed by atoms with Gasteiger partial charge >= 0.3 is 11.9 Å². The van der Waals surface area contributed by atoms with Crippen LogP contribution in [0.5, 0.6) is 0 Å². The Balaban J connectivity index is 1.50. The standard InChI is InChI=1S/C37H54O9/c1-7-31-25(6)13-14-36(46-31)19-29-18-28(45-36)12-11-24(5)16-23(4)9-8-10-27-21-43-34-33(39)26(20-42-32(38)15-22(2)3)17-30(35(40)44-29)37(27,34)41/h8-11,17,22-23,25,28-31,33-34,39,41H,7,12-16,18-21H2,1-6H3/b9-8+,24-11+,27-10+/t23-,25-,28+,29-,30-,31+,33+,34+,36+,37+/m0/s1. The molecule has 0 radical (unpaired) electrons. The second-order valence-corrected chi connectivity index (χ2v) is 14.8. The molecule has 0 saturated carbocycles. The zero-order valence-corrected chi connectivity index (χ0v) is 28.4. The van der Waals surface area contributed by atoms with Gasteiger partial charge in [0.2, 0.25) is 0 Å². The van der Waals surface area contributed by atoms with Gasteiger partial charge in [-0.2, -0.15) is 0 Å². The molecule has 0 amide bonds. The Bertz CT molecular complexity index is 1250. The molecule has 3 fully saturated rings. The van der Waals surface area contributed by atoms with Crippen molar-refractivity contribution < 1.29 is 43.5 Å². The molecule has 0 aromatic heterocycles. The zero-order chi connectivity index (χ0) is 33.2. The highest BCUT2D eigenvalue weighted by Gasteiger charge is 2.60. The van der Waals surface area contributed by atoms with E-state index in [2.05, 4.69) is 39.8 Å². The maximum atomic E-state index is 14.2. The minimum atomic E-state index is -1.84. The number of ether oxygens (including phenoxy) is 5. The van der Waals surface area contributed by atoms with Gasteiger partial charge in [0.1, 0.15) is 36.4 Å². The minimum absolute atomic E-state index is 0.0425. The van der Waals surface area contributed by atoms with Crippen LogP contribution < -0.4 is 0 Å². The van der Waals surface area contributed by atoms with E-state index in [0.717, 1.165) is 19.3 Å². The number of aliphatic hydroxyl groups excluding tert-OH is 1. The maximum absolute atomic E-state index is 14.2. The van der Waals surface area contributed by atoms with E-state index in [1.165, 1.54) is 11.6 Å². The van der Waals surface area contributed by atoms with Crippen LogP contribution in [-0.4, -0.2) is 77.3 Å². The van der Waals surface area contributed by atoms with E-state index in [9.17, 15) is 19.8 Å². The molecule has 2 bridgehead atoms. The lowest BCUT2D eigenvalue weighted by Crippen LogP contribution is -2.58. The summed E-state index contributed by atoms with van der Waals surface area (Å²) < 4.78 is 31.2. The molecule has 1 aliphatic carbocycles. The third kappa shape index (κ3) is 7.54. The highest BCUT2D eigenvalue weighted by Crippen LogP contribution is 2.47. The first kappa shape index (κ1) is 35.0. The molecule has 256 valence electrons. The molecule has 9 nitrogen and oxygen atoms in total. The lowest BCUT2D eigenvalue weighted by Gasteiger charge is -2.50. The van der Waals surface area contributed by atoms with Crippen molar-refractivity contribution in [2.45, 2.75) is 135 Å². The van der Waals surface area contributed by atoms with E-state index in [4.69, 9.17) is 23.7 Å². The van der Waals surface area contributed by atoms with E-state index in [1.54, 1.807) is 6.08 Å². The lowest BCUT2D eigenvalue weighted by molar-refractivity contribution is -0.335. The highest BCUT2D eigenvalue weighted by atomic mass is 16.7. The van der Waals surface area contributed by atoms with Crippen molar-refractivity contribution in [3.05, 3.63) is 47.1 Å². The average Bonchev–Trinajstić information content (AvgIpc) is 3.33. The Morgan fingerprint density at radius 2 is 1.98 bits per heavy atom. The van der Waals surface area contributed by atoms with Crippen LogP contribution in [0.4, 0.5) is 0 Å². The van der Waals surface area contributed by atoms with E-state index in [1.807, 2.05) is 19.9 Å². The molecular formula is C37H54O9. The van der Waals surface area contributed by atoms with Gasteiger partial charge < -0.3 is 33.9 Å². The Kier molecular flexibility index (Phi) is 11.0. The quantitative estimate of drug-likeness (QED) is 0.296. The maximum Gasteiger partial charge on any atom is 0.316 e. The molecule has 5 rings (SSSR count). The molecule has 10 atom stereocenters. The van der Waals surface area contributed by atoms with Crippen molar-refractivity contribution in [3.8, 4) is 0 Å². The van der Waals surface area contributed by atoms with Crippen LogP contribution >= 0.6 is 0 Å². The van der Waals surface area contributed by atoms with E-state index in [-0.39, 0.29) is 43.7 Å². The fraction of sp³-hybridized carbons (Fsp3) is 0.730. The first-order valence-electron chi connectivity index (χ1n) is 17.3. The number of carbonyl (C=O) groups excluding carboxylic acids is 2. The summed E-state index contributed by atoms with van der Waals surface area (Å²) in [5, 5.41) is 23.7. The normalized spacial score (nSPS) is 43.1. The van der Waals surface area contributed by atoms with Gasteiger partial charge in [0, 0.05) is 25.7 Å². The van der Waals surface area contributed by atoms with E-state index < -0.39 is 47.6 Å². The van der Waals surface area contributed by atoms with Crippen molar-refractivity contribution in [2.24, 2.45) is 23.7 Å². The summed E-state index contributed by atoms with van der Waals surface area (Å²) in [5.41, 5.74) is 0.216. The van der Waals surface area contributed by atoms with Crippen LogP contribution in [0.2, 0.25) is 0 Å². The Labute approximate surface area is 274 Å². The lowest BCUT2D eigenvalue weighted by atomic mass is 9.70. The van der Waals surface area contributed by atoms with Crippen LogP contribution in [0.3, 0.4) is 0 Å². The number of carbonyl (C=O) groups is 2. The number of rotatable bonds is 5. The van der Waals surface area contributed by atoms with Crippen LogP contribution in [0.15, 0.2) is 47.1 Å². The van der Waals surface area contributed by atoms with Crippen molar-refractivity contribution >= 4 is 11.9 Å². The molecule has 0 aromatic carbocycles. The van der Waals surface area contributed by atoms with E-state index >= 15 is 0 Å². The monoisotopic (exact) mass is 642 g/mol. The number of hydrogen-bond acceptors (Lipinski definition) is 9. The number of esters is 2. The molecule has 4 aliphatic heterocycles. The summed E-state index contributed by atoms with van der Waals surface area (Å²) in [6.45, 7) is 12.3. The summed E-state index contributed by atoms with van der Waals surface area (Å²) >= 11 is 0. The minimum Gasteiger partial charge on any atom is -0.462 e.